The normalized spacial score (nSPS) is 12.4. The molecule has 0 saturated carbocycles. The highest BCUT2D eigenvalue weighted by Crippen LogP contribution is 2.38. The van der Waals surface area contributed by atoms with Gasteiger partial charge in [0.05, 0.1) is 17.4 Å². The van der Waals surface area contributed by atoms with Crippen LogP contribution in [0.1, 0.15) is 5.56 Å². The van der Waals surface area contributed by atoms with Gasteiger partial charge in [-0.05, 0) is 37.1 Å². The summed E-state index contributed by atoms with van der Waals surface area (Å²) in [5.74, 6) is -0.479. The Morgan fingerprint density at radius 1 is 1.15 bits per heavy atom. The van der Waals surface area contributed by atoms with E-state index in [9.17, 15) is 17.7 Å². The van der Waals surface area contributed by atoms with E-state index in [2.05, 4.69) is 20.3 Å². The number of nitrogens with one attached hydrogen (secondary N) is 1. The molecule has 2 heterocycles. The molecule has 0 aliphatic carbocycles. The fraction of sp³-hybridized carbons (Fsp3) is 0.188. The van der Waals surface area contributed by atoms with Gasteiger partial charge in [0.25, 0.3) is 0 Å². The van der Waals surface area contributed by atoms with E-state index in [0.717, 1.165) is 0 Å². The molecule has 0 amide bonds. The number of anilines is 2. The molecule has 0 saturated heterocycles. The molecule has 0 radical (unpaired) electrons. The zero-order valence-electron chi connectivity index (χ0n) is 13.7. The van der Waals surface area contributed by atoms with Crippen LogP contribution in [0.2, 0.25) is 5.28 Å². The van der Waals surface area contributed by atoms with Gasteiger partial charge >= 0.3 is 6.18 Å². The summed E-state index contributed by atoms with van der Waals surface area (Å²) in [4.78, 5) is 11.2. The first-order valence-corrected chi connectivity index (χ1v) is 10.3. The highest BCUT2D eigenvalue weighted by Gasteiger charge is 2.35. The second-order valence-electron chi connectivity index (χ2n) is 5.94. The minimum absolute atomic E-state index is 0.263. The zero-order chi connectivity index (χ0) is 19.1. The molecule has 2 aromatic heterocycles. The molecule has 0 atom stereocenters. The van der Waals surface area contributed by atoms with Crippen LogP contribution in [0.5, 0.6) is 0 Å². The van der Waals surface area contributed by atoms with Crippen molar-refractivity contribution in [2.45, 2.75) is 6.18 Å². The van der Waals surface area contributed by atoms with Crippen LogP contribution in [0, 0.1) is 0 Å². The zero-order valence-corrected chi connectivity index (χ0v) is 15.3. The maximum atomic E-state index is 13.1. The summed E-state index contributed by atoms with van der Waals surface area (Å²) in [5, 5.41) is 3.46. The number of hydrogen-bond acceptors (Lipinski definition) is 5. The lowest BCUT2D eigenvalue weighted by atomic mass is 10.2. The summed E-state index contributed by atoms with van der Waals surface area (Å²) in [6, 6.07) is 6.79. The number of aromatic nitrogens is 3. The number of fused-ring (bicyclic) bond motifs is 1. The molecule has 0 fully saturated rings. The third kappa shape index (κ3) is 3.81. The summed E-state index contributed by atoms with van der Waals surface area (Å²) < 4.78 is 51.9. The van der Waals surface area contributed by atoms with Gasteiger partial charge in [-0.25, -0.2) is 4.98 Å². The van der Waals surface area contributed by atoms with E-state index in [0.29, 0.717) is 22.4 Å². The van der Waals surface area contributed by atoms with Gasteiger partial charge in [0.1, 0.15) is 18.5 Å². The van der Waals surface area contributed by atoms with Crippen LogP contribution in [-0.2, 0) is 10.7 Å². The fourth-order valence-corrected chi connectivity index (χ4v) is 3.81. The van der Waals surface area contributed by atoms with Crippen LogP contribution in [0.3, 0.4) is 0 Å². The summed E-state index contributed by atoms with van der Waals surface area (Å²) in [7, 11) is -2.60. The van der Waals surface area contributed by atoms with Crippen LogP contribution in [0.4, 0.5) is 24.7 Å². The van der Waals surface area contributed by atoms with Gasteiger partial charge in [0.15, 0.2) is 0 Å². The van der Waals surface area contributed by atoms with Gasteiger partial charge in [0.2, 0.25) is 5.28 Å². The van der Waals surface area contributed by atoms with E-state index in [4.69, 9.17) is 11.6 Å². The second kappa shape index (κ2) is 6.52. The van der Waals surface area contributed by atoms with Crippen molar-refractivity contribution in [2.24, 2.45) is 0 Å². The topological polar surface area (TPSA) is 67.8 Å². The molecule has 1 N–H and O–H groups in total. The lowest BCUT2D eigenvalue weighted by Crippen LogP contribution is -2.12. The highest BCUT2D eigenvalue weighted by molar-refractivity contribution is 7.70. The highest BCUT2D eigenvalue weighted by atomic mass is 35.5. The molecule has 26 heavy (non-hydrogen) atoms. The molecular weight excluding hydrogens is 388 g/mol. The lowest BCUT2D eigenvalue weighted by Gasteiger charge is -2.15. The Morgan fingerprint density at radius 3 is 2.54 bits per heavy atom. The number of nitrogens with zero attached hydrogens (tertiary/aromatic N) is 3. The van der Waals surface area contributed by atoms with Crippen molar-refractivity contribution in [3.63, 3.8) is 0 Å². The van der Waals surface area contributed by atoms with Gasteiger partial charge in [-0.3, -0.25) is 4.98 Å². The van der Waals surface area contributed by atoms with E-state index in [1.54, 1.807) is 37.6 Å². The minimum Gasteiger partial charge on any atom is -0.338 e. The minimum atomic E-state index is -4.65. The monoisotopic (exact) mass is 400 g/mol. The number of pyridine rings is 1. The molecule has 0 aliphatic rings. The number of rotatable bonds is 3. The molecule has 3 aromatic rings. The first-order valence-electron chi connectivity index (χ1n) is 7.37. The maximum Gasteiger partial charge on any atom is 0.421 e. The van der Waals surface area contributed by atoms with Crippen molar-refractivity contribution in [2.75, 3.05) is 18.6 Å². The molecule has 0 spiro atoms. The largest absolute Gasteiger partial charge is 0.421 e. The molecule has 0 aliphatic heterocycles. The molecule has 136 valence electrons. The summed E-state index contributed by atoms with van der Waals surface area (Å²) >= 11 is 5.63. The first kappa shape index (κ1) is 18.6. The molecule has 0 unspecified atom stereocenters. The molecular formula is C16H13ClF3N4OP. The predicted octanol–water partition coefficient (Wildman–Crippen LogP) is 4.69. The third-order valence-corrected chi connectivity index (χ3v) is 5.34. The molecule has 5 nitrogen and oxygen atoms in total. The molecule has 10 heteroatoms. The van der Waals surface area contributed by atoms with Gasteiger partial charge in [-0.2, -0.15) is 18.2 Å². The molecule has 3 rings (SSSR count). The van der Waals surface area contributed by atoms with Crippen molar-refractivity contribution < 1.29 is 17.7 Å². The van der Waals surface area contributed by atoms with Crippen molar-refractivity contribution in [1.29, 1.82) is 0 Å². The Hall–Kier alpha value is -2.18. The van der Waals surface area contributed by atoms with Gasteiger partial charge < -0.3 is 9.88 Å². The third-order valence-electron chi connectivity index (χ3n) is 3.61. The number of hydrogen-bond donors (Lipinski definition) is 1. The van der Waals surface area contributed by atoms with E-state index in [1.165, 1.54) is 6.20 Å². The van der Waals surface area contributed by atoms with Crippen LogP contribution in [0.15, 0.2) is 36.7 Å². The summed E-state index contributed by atoms with van der Waals surface area (Å²) in [6.45, 7) is 3.24. The Kier molecular flexibility index (Phi) is 4.67. The summed E-state index contributed by atoms with van der Waals surface area (Å²) in [6.07, 6.45) is -2.66. The number of alkyl halides is 3. The fourth-order valence-electron chi connectivity index (χ4n) is 2.47. The quantitative estimate of drug-likeness (QED) is 0.510. The van der Waals surface area contributed by atoms with Crippen molar-refractivity contribution in [3.8, 4) is 0 Å². The standard InChI is InChI=1S/C16H13ClF3N4OP/c1-26(2,25)13-5-3-4-12-10(13)6-9(7-21-12)23-14-11(16(18,19)20)8-22-15(17)24-14/h3-8H,1-2H3,(H,22,23,24). The van der Waals surface area contributed by atoms with E-state index in [-0.39, 0.29) is 11.0 Å². The lowest BCUT2D eigenvalue weighted by molar-refractivity contribution is -0.137. The van der Waals surface area contributed by atoms with Crippen molar-refractivity contribution in [1.82, 2.24) is 15.0 Å². The van der Waals surface area contributed by atoms with E-state index < -0.39 is 24.7 Å². The maximum absolute atomic E-state index is 13.1. The van der Waals surface area contributed by atoms with Gasteiger partial charge in [-0.1, -0.05) is 12.1 Å². The average Bonchev–Trinajstić information content (AvgIpc) is 2.52. The second-order valence-corrected chi connectivity index (χ2v) is 9.46. The van der Waals surface area contributed by atoms with Crippen LogP contribution < -0.4 is 10.6 Å². The molecule has 1 aromatic carbocycles. The smallest absolute Gasteiger partial charge is 0.338 e. The Labute approximate surface area is 152 Å². The predicted molar refractivity (Wildman–Crippen MR) is 96.2 cm³/mol. The number of halogens is 4. The molecule has 0 bridgehead atoms. The van der Waals surface area contributed by atoms with E-state index in [1.807, 2.05) is 0 Å². The first-order chi connectivity index (χ1) is 12.1. The van der Waals surface area contributed by atoms with Gasteiger partial charge in [0, 0.05) is 16.9 Å². The van der Waals surface area contributed by atoms with E-state index >= 15 is 0 Å². The van der Waals surface area contributed by atoms with Crippen LogP contribution in [0.25, 0.3) is 10.9 Å². The summed E-state index contributed by atoms with van der Waals surface area (Å²) in [5.41, 5.74) is -0.195. The van der Waals surface area contributed by atoms with Crippen molar-refractivity contribution in [3.05, 3.63) is 47.5 Å². The number of benzene rings is 1. The Bertz CT molecular complexity index is 1040. The van der Waals surface area contributed by atoms with Crippen LogP contribution in [-0.4, -0.2) is 28.3 Å². The SMILES string of the molecule is CP(C)(=O)c1cccc2ncc(Nc3nc(Cl)ncc3C(F)(F)F)cc12. The van der Waals surface area contributed by atoms with Crippen LogP contribution >= 0.6 is 18.7 Å². The average molecular weight is 401 g/mol. The van der Waals surface area contributed by atoms with Gasteiger partial charge in [-0.15, -0.1) is 0 Å². The van der Waals surface area contributed by atoms with Crippen molar-refractivity contribution >= 4 is 46.5 Å². The Balaban J connectivity index is 2.11. The Morgan fingerprint density at radius 2 is 1.88 bits per heavy atom.